The molecule has 1 aromatic rings. The molecule has 22 heavy (non-hydrogen) atoms. The number of benzene rings is 1. The molecule has 6 heteroatoms. The van der Waals surface area contributed by atoms with Gasteiger partial charge < -0.3 is 14.8 Å². The van der Waals surface area contributed by atoms with Gasteiger partial charge in [-0.2, -0.15) is 0 Å². The molecule has 0 spiro atoms. The third kappa shape index (κ3) is 4.19. The first-order valence-electron chi connectivity index (χ1n) is 7.59. The Hall–Kier alpha value is -0.680. The SMILES string of the molecule is CC(C)C[C@@H](c1cccc2c1OCO2)N1CCNCC1.Cl.Cl. The summed E-state index contributed by atoms with van der Waals surface area (Å²) in [5, 5.41) is 3.43. The Labute approximate surface area is 145 Å². The topological polar surface area (TPSA) is 33.7 Å². The molecule has 126 valence electrons. The molecular weight excluding hydrogens is 323 g/mol. The fourth-order valence-corrected chi connectivity index (χ4v) is 3.13. The molecular formula is C16H26Cl2N2O2. The Bertz CT molecular complexity index is 465. The van der Waals surface area contributed by atoms with Gasteiger partial charge in [0, 0.05) is 37.8 Å². The normalized spacial score (nSPS) is 18.5. The summed E-state index contributed by atoms with van der Waals surface area (Å²) < 4.78 is 11.2. The first-order chi connectivity index (χ1) is 9.75. The van der Waals surface area contributed by atoms with Crippen LogP contribution in [0.4, 0.5) is 0 Å². The zero-order chi connectivity index (χ0) is 13.9. The minimum atomic E-state index is 0. The average molecular weight is 349 g/mol. The van der Waals surface area contributed by atoms with Gasteiger partial charge in [0.1, 0.15) is 0 Å². The summed E-state index contributed by atoms with van der Waals surface area (Å²) >= 11 is 0. The van der Waals surface area contributed by atoms with Crippen molar-refractivity contribution < 1.29 is 9.47 Å². The quantitative estimate of drug-likeness (QED) is 0.905. The van der Waals surface area contributed by atoms with Crippen LogP contribution in [0.25, 0.3) is 0 Å². The van der Waals surface area contributed by atoms with Crippen molar-refractivity contribution in [2.75, 3.05) is 33.0 Å². The number of hydrogen-bond acceptors (Lipinski definition) is 4. The highest BCUT2D eigenvalue weighted by atomic mass is 35.5. The summed E-state index contributed by atoms with van der Waals surface area (Å²) in [6, 6.07) is 6.70. The Morgan fingerprint density at radius 2 is 1.86 bits per heavy atom. The molecule has 1 aromatic carbocycles. The summed E-state index contributed by atoms with van der Waals surface area (Å²) in [5.41, 5.74) is 1.29. The number of hydrogen-bond donors (Lipinski definition) is 1. The summed E-state index contributed by atoms with van der Waals surface area (Å²) in [5.74, 6) is 2.51. The molecule has 1 saturated heterocycles. The minimum absolute atomic E-state index is 0. The highest BCUT2D eigenvalue weighted by molar-refractivity contribution is 5.85. The van der Waals surface area contributed by atoms with E-state index in [1.54, 1.807) is 0 Å². The molecule has 0 unspecified atom stereocenters. The van der Waals surface area contributed by atoms with Crippen molar-refractivity contribution in [1.82, 2.24) is 10.2 Å². The average Bonchev–Trinajstić information content (AvgIpc) is 2.94. The van der Waals surface area contributed by atoms with E-state index in [1.807, 2.05) is 6.07 Å². The molecule has 2 aliphatic rings. The van der Waals surface area contributed by atoms with Gasteiger partial charge in [-0.3, -0.25) is 4.90 Å². The van der Waals surface area contributed by atoms with Gasteiger partial charge in [-0.15, -0.1) is 24.8 Å². The first-order valence-corrected chi connectivity index (χ1v) is 7.59. The molecule has 0 bridgehead atoms. The van der Waals surface area contributed by atoms with Crippen molar-refractivity contribution in [3.05, 3.63) is 23.8 Å². The van der Waals surface area contributed by atoms with Crippen LogP contribution in [0.15, 0.2) is 18.2 Å². The van der Waals surface area contributed by atoms with E-state index in [2.05, 4.69) is 36.2 Å². The third-order valence-corrected chi connectivity index (χ3v) is 4.07. The van der Waals surface area contributed by atoms with Gasteiger partial charge >= 0.3 is 0 Å². The van der Waals surface area contributed by atoms with Crippen LogP contribution in [0.5, 0.6) is 11.5 Å². The third-order valence-electron chi connectivity index (χ3n) is 4.07. The number of piperazine rings is 1. The zero-order valence-corrected chi connectivity index (χ0v) is 14.8. The van der Waals surface area contributed by atoms with Gasteiger partial charge in [-0.25, -0.2) is 0 Å². The monoisotopic (exact) mass is 348 g/mol. The molecule has 0 aliphatic carbocycles. The number of fused-ring (bicyclic) bond motifs is 1. The Morgan fingerprint density at radius 1 is 1.14 bits per heavy atom. The van der Waals surface area contributed by atoms with Crippen molar-refractivity contribution in [1.29, 1.82) is 0 Å². The lowest BCUT2D eigenvalue weighted by Gasteiger charge is -2.36. The number of halogens is 2. The largest absolute Gasteiger partial charge is 0.454 e. The van der Waals surface area contributed by atoms with Crippen LogP contribution in [0.1, 0.15) is 31.9 Å². The molecule has 1 fully saturated rings. The van der Waals surface area contributed by atoms with Gasteiger partial charge in [0.2, 0.25) is 6.79 Å². The number of rotatable bonds is 4. The fraction of sp³-hybridized carbons (Fsp3) is 0.625. The molecule has 1 N–H and O–H groups in total. The maximum Gasteiger partial charge on any atom is 0.231 e. The van der Waals surface area contributed by atoms with Gasteiger partial charge in [0.05, 0.1) is 0 Å². The van der Waals surface area contributed by atoms with Gasteiger partial charge in [-0.05, 0) is 18.4 Å². The van der Waals surface area contributed by atoms with E-state index in [9.17, 15) is 0 Å². The molecule has 3 rings (SSSR count). The van der Waals surface area contributed by atoms with E-state index in [-0.39, 0.29) is 24.8 Å². The van der Waals surface area contributed by atoms with Gasteiger partial charge in [0.15, 0.2) is 11.5 Å². The van der Waals surface area contributed by atoms with Crippen LogP contribution in [0.3, 0.4) is 0 Å². The van der Waals surface area contributed by atoms with Crippen LogP contribution < -0.4 is 14.8 Å². The molecule has 0 radical (unpaired) electrons. The second-order valence-corrected chi connectivity index (χ2v) is 6.01. The lowest BCUT2D eigenvalue weighted by atomic mass is 9.94. The zero-order valence-electron chi connectivity index (χ0n) is 13.2. The summed E-state index contributed by atoms with van der Waals surface area (Å²) in [6.45, 7) is 9.26. The number of nitrogens with one attached hydrogen (secondary N) is 1. The molecule has 2 heterocycles. The predicted molar refractivity (Wildman–Crippen MR) is 93.7 cm³/mol. The van der Waals surface area contributed by atoms with E-state index in [0.717, 1.165) is 44.1 Å². The van der Waals surface area contributed by atoms with Crippen molar-refractivity contribution >= 4 is 24.8 Å². The standard InChI is InChI=1S/C16H24N2O2.2ClH/c1-12(2)10-14(18-8-6-17-7-9-18)13-4-3-5-15-16(13)20-11-19-15;;/h3-5,12,14,17H,6-11H2,1-2H3;2*1H/t14-;;/m0../s1. The highest BCUT2D eigenvalue weighted by Crippen LogP contribution is 2.42. The lowest BCUT2D eigenvalue weighted by molar-refractivity contribution is 0.145. The first kappa shape index (κ1) is 19.4. The lowest BCUT2D eigenvalue weighted by Crippen LogP contribution is -2.45. The van der Waals surface area contributed by atoms with Crippen molar-refractivity contribution in [3.63, 3.8) is 0 Å². The Morgan fingerprint density at radius 3 is 2.55 bits per heavy atom. The van der Waals surface area contributed by atoms with Crippen LogP contribution >= 0.6 is 24.8 Å². The molecule has 2 aliphatic heterocycles. The van der Waals surface area contributed by atoms with Crippen LogP contribution in [0.2, 0.25) is 0 Å². The fourth-order valence-electron chi connectivity index (χ4n) is 3.13. The number of ether oxygens (including phenoxy) is 2. The number of para-hydroxylation sites is 1. The van der Waals surface area contributed by atoms with Crippen molar-refractivity contribution in [3.8, 4) is 11.5 Å². The minimum Gasteiger partial charge on any atom is -0.454 e. The van der Waals surface area contributed by atoms with E-state index >= 15 is 0 Å². The molecule has 1 atom stereocenters. The van der Waals surface area contributed by atoms with E-state index in [0.29, 0.717) is 18.8 Å². The van der Waals surface area contributed by atoms with Crippen LogP contribution in [-0.2, 0) is 0 Å². The van der Waals surface area contributed by atoms with Crippen LogP contribution in [-0.4, -0.2) is 37.9 Å². The molecule has 0 saturated carbocycles. The smallest absolute Gasteiger partial charge is 0.231 e. The summed E-state index contributed by atoms with van der Waals surface area (Å²) in [4.78, 5) is 2.58. The summed E-state index contributed by atoms with van der Waals surface area (Å²) in [6.07, 6.45) is 1.15. The summed E-state index contributed by atoms with van der Waals surface area (Å²) in [7, 11) is 0. The van der Waals surface area contributed by atoms with Crippen molar-refractivity contribution in [2.45, 2.75) is 26.3 Å². The van der Waals surface area contributed by atoms with Gasteiger partial charge in [0.25, 0.3) is 0 Å². The number of nitrogens with zero attached hydrogens (tertiary/aromatic N) is 1. The molecule has 0 amide bonds. The molecule has 0 aromatic heterocycles. The Kier molecular flexibility index (Phi) is 7.77. The maximum atomic E-state index is 5.72. The molecule has 4 nitrogen and oxygen atoms in total. The van der Waals surface area contributed by atoms with Crippen molar-refractivity contribution in [2.24, 2.45) is 5.92 Å². The van der Waals surface area contributed by atoms with Crippen LogP contribution in [0, 0.1) is 5.92 Å². The second-order valence-electron chi connectivity index (χ2n) is 6.01. The second kappa shape index (κ2) is 8.82. The predicted octanol–water partition coefficient (Wildman–Crippen LogP) is 3.25. The maximum absolute atomic E-state index is 5.72. The van der Waals surface area contributed by atoms with E-state index < -0.39 is 0 Å². The van der Waals surface area contributed by atoms with E-state index in [1.165, 1.54) is 5.56 Å². The van der Waals surface area contributed by atoms with E-state index in [4.69, 9.17) is 9.47 Å². The highest BCUT2D eigenvalue weighted by Gasteiger charge is 2.28. The Balaban J connectivity index is 0.00000121. The van der Waals surface area contributed by atoms with Gasteiger partial charge in [-0.1, -0.05) is 26.0 Å².